The summed E-state index contributed by atoms with van der Waals surface area (Å²) < 4.78 is 47.4. The van der Waals surface area contributed by atoms with Gasteiger partial charge in [-0.3, -0.25) is 14.6 Å². The van der Waals surface area contributed by atoms with Gasteiger partial charge in [0.15, 0.2) is 11.0 Å². The van der Waals surface area contributed by atoms with Crippen molar-refractivity contribution in [2.45, 2.75) is 70.9 Å². The molecule has 2 unspecified atom stereocenters. The maximum absolute atomic E-state index is 13.9. The van der Waals surface area contributed by atoms with Crippen LogP contribution >= 0.6 is 0 Å². The maximum Gasteiger partial charge on any atom is 0.417 e. The maximum atomic E-state index is 13.9. The van der Waals surface area contributed by atoms with Crippen LogP contribution in [0, 0.1) is 17.8 Å². The van der Waals surface area contributed by atoms with Crippen LogP contribution in [-0.4, -0.2) is 33.2 Å². The number of alkyl halides is 3. The summed E-state index contributed by atoms with van der Waals surface area (Å²) in [7, 11) is 0. The molecule has 2 aromatic heterocycles. The molecule has 9 heteroatoms. The molecule has 4 rings (SSSR count). The van der Waals surface area contributed by atoms with Crippen LogP contribution in [0.3, 0.4) is 0 Å². The molecule has 1 aliphatic carbocycles. The van der Waals surface area contributed by atoms with Crippen molar-refractivity contribution in [1.29, 1.82) is 0 Å². The van der Waals surface area contributed by atoms with Crippen LogP contribution in [0.15, 0.2) is 23.1 Å². The Morgan fingerprint density at radius 1 is 1.28 bits per heavy atom. The van der Waals surface area contributed by atoms with Gasteiger partial charge in [0.05, 0.1) is 10.9 Å². The van der Waals surface area contributed by atoms with E-state index in [1.54, 1.807) is 13.0 Å². The number of nitrogens with zero attached hydrogens (tertiary/aromatic N) is 1. The van der Waals surface area contributed by atoms with Gasteiger partial charge < -0.3 is 15.0 Å². The number of H-pyrrole nitrogens is 1. The molecule has 0 radical (unpaired) electrons. The second-order valence-corrected chi connectivity index (χ2v) is 10.2. The highest BCUT2D eigenvalue weighted by atomic mass is 19.4. The third kappa shape index (κ3) is 3.80. The quantitative estimate of drug-likeness (QED) is 0.720. The molecule has 6 nitrogen and oxygen atoms in total. The highest BCUT2D eigenvalue weighted by Gasteiger charge is 2.66. The number of rotatable bonds is 3. The number of carbonyl (C=O) groups is 1. The van der Waals surface area contributed by atoms with Crippen LogP contribution in [-0.2, 0) is 4.74 Å². The standard InChI is InChI=1S/C23H28F3N3O3/c1-11-16(12-6-7-12)19(32-22(11,5)23(24,25)26)14-10-15(30)17-13(28-14)8-9-27-18(17)20(31)29-21(2,3)4/h8-12,16,19H,6-7H2,1-5H3,(H,28,30)(H,29,31)/t11?,16-,19-,22?/m0/s1. The first kappa shape index (κ1) is 22.8. The molecular weight excluding hydrogens is 423 g/mol. The number of aromatic nitrogens is 2. The molecule has 0 aromatic carbocycles. The van der Waals surface area contributed by atoms with Crippen molar-refractivity contribution in [1.82, 2.24) is 15.3 Å². The Bertz CT molecular complexity index is 1120. The molecular formula is C23H28F3N3O3. The molecule has 2 aliphatic rings. The lowest BCUT2D eigenvalue weighted by Crippen LogP contribution is -2.47. The van der Waals surface area contributed by atoms with Gasteiger partial charge in [-0.2, -0.15) is 13.2 Å². The summed E-state index contributed by atoms with van der Waals surface area (Å²) in [6, 6.07) is 2.80. The summed E-state index contributed by atoms with van der Waals surface area (Å²) in [6.07, 6.45) is -2.33. The third-order valence-corrected chi connectivity index (χ3v) is 6.67. The van der Waals surface area contributed by atoms with Crippen LogP contribution in [0.4, 0.5) is 13.2 Å². The van der Waals surface area contributed by atoms with E-state index < -0.39 is 40.7 Å². The van der Waals surface area contributed by atoms with Gasteiger partial charge in [0.1, 0.15) is 11.8 Å². The molecule has 32 heavy (non-hydrogen) atoms. The van der Waals surface area contributed by atoms with E-state index >= 15 is 0 Å². The van der Waals surface area contributed by atoms with Crippen LogP contribution in [0.1, 0.15) is 69.7 Å². The predicted octanol–water partition coefficient (Wildman–Crippen LogP) is 4.51. The van der Waals surface area contributed by atoms with E-state index in [2.05, 4.69) is 15.3 Å². The first-order valence-electron chi connectivity index (χ1n) is 10.8. The number of halogens is 3. The van der Waals surface area contributed by atoms with Crippen molar-refractivity contribution >= 4 is 16.8 Å². The number of nitrogens with one attached hydrogen (secondary N) is 2. The van der Waals surface area contributed by atoms with Crippen molar-refractivity contribution in [2.24, 2.45) is 17.8 Å². The van der Waals surface area contributed by atoms with Crippen molar-refractivity contribution in [2.75, 3.05) is 0 Å². The van der Waals surface area contributed by atoms with E-state index in [1.807, 2.05) is 20.8 Å². The van der Waals surface area contributed by atoms with Crippen LogP contribution in [0.25, 0.3) is 10.9 Å². The molecule has 4 atom stereocenters. The summed E-state index contributed by atoms with van der Waals surface area (Å²) >= 11 is 0. The zero-order valence-electron chi connectivity index (χ0n) is 18.8. The second kappa shape index (κ2) is 7.30. The molecule has 2 N–H and O–H groups in total. The predicted molar refractivity (Wildman–Crippen MR) is 113 cm³/mol. The van der Waals surface area contributed by atoms with Gasteiger partial charge in [-0.25, -0.2) is 0 Å². The summed E-state index contributed by atoms with van der Waals surface area (Å²) in [5.41, 5.74) is -2.69. The minimum atomic E-state index is -4.53. The van der Waals surface area contributed by atoms with E-state index in [-0.39, 0.29) is 22.9 Å². The van der Waals surface area contributed by atoms with Gasteiger partial charge in [-0.05, 0) is 64.4 Å². The smallest absolute Gasteiger partial charge is 0.356 e. The molecule has 2 fully saturated rings. The summed E-state index contributed by atoms with van der Waals surface area (Å²) in [5, 5.41) is 2.89. The van der Waals surface area contributed by atoms with Gasteiger partial charge in [0.25, 0.3) is 5.91 Å². The Hall–Kier alpha value is -2.42. The summed E-state index contributed by atoms with van der Waals surface area (Å²) in [5.74, 6) is -1.48. The lowest BCUT2D eigenvalue weighted by molar-refractivity contribution is -0.275. The van der Waals surface area contributed by atoms with E-state index in [4.69, 9.17) is 4.74 Å². The van der Waals surface area contributed by atoms with Crippen molar-refractivity contribution in [3.63, 3.8) is 0 Å². The van der Waals surface area contributed by atoms with E-state index in [0.717, 1.165) is 19.8 Å². The van der Waals surface area contributed by atoms with Crippen molar-refractivity contribution in [3.8, 4) is 0 Å². The Morgan fingerprint density at radius 3 is 2.50 bits per heavy atom. The Kier molecular flexibility index (Phi) is 5.19. The van der Waals surface area contributed by atoms with E-state index in [1.165, 1.54) is 12.3 Å². The zero-order valence-corrected chi connectivity index (χ0v) is 18.8. The highest BCUT2D eigenvalue weighted by molar-refractivity contribution is 6.04. The SMILES string of the molecule is CC1[C@@H](C2CC2)[C@H](c2cc(=O)c3c(C(=O)NC(C)(C)C)nccc3[nH]2)OC1(C)C(F)(F)F. The largest absolute Gasteiger partial charge is 0.417 e. The van der Waals surface area contributed by atoms with E-state index in [9.17, 15) is 22.8 Å². The average Bonchev–Trinajstić information content (AvgIpc) is 3.45. The molecule has 3 heterocycles. The lowest BCUT2D eigenvalue weighted by atomic mass is 9.78. The fourth-order valence-corrected chi connectivity index (χ4v) is 4.76. The minimum Gasteiger partial charge on any atom is -0.356 e. The lowest BCUT2D eigenvalue weighted by Gasteiger charge is -2.31. The molecule has 174 valence electrons. The normalized spacial score (nSPS) is 28.8. The number of hydrogen-bond acceptors (Lipinski definition) is 4. The number of fused-ring (bicyclic) bond motifs is 1. The molecule has 1 amide bonds. The van der Waals surface area contributed by atoms with Crippen LogP contribution in [0.5, 0.6) is 0 Å². The van der Waals surface area contributed by atoms with E-state index in [0.29, 0.717) is 11.2 Å². The number of pyridine rings is 2. The van der Waals surface area contributed by atoms with Gasteiger partial charge in [0, 0.05) is 23.5 Å². The van der Waals surface area contributed by atoms with Gasteiger partial charge >= 0.3 is 6.18 Å². The Labute approximate surface area is 183 Å². The van der Waals surface area contributed by atoms with Crippen molar-refractivity contribution < 1.29 is 22.7 Å². The first-order valence-corrected chi connectivity index (χ1v) is 10.8. The van der Waals surface area contributed by atoms with Crippen LogP contribution < -0.4 is 10.7 Å². The fraction of sp³-hybridized carbons (Fsp3) is 0.609. The van der Waals surface area contributed by atoms with Crippen molar-refractivity contribution in [3.05, 3.63) is 39.9 Å². The Balaban J connectivity index is 1.79. The van der Waals surface area contributed by atoms with Gasteiger partial charge in [-0.1, -0.05) is 6.92 Å². The zero-order chi connectivity index (χ0) is 23.6. The number of carbonyl (C=O) groups excluding carboxylic acids is 1. The molecule has 1 saturated heterocycles. The molecule has 0 bridgehead atoms. The molecule has 2 aromatic rings. The number of aromatic amines is 1. The third-order valence-electron chi connectivity index (χ3n) is 6.67. The molecule has 1 aliphatic heterocycles. The first-order chi connectivity index (χ1) is 14.7. The van der Waals surface area contributed by atoms with Gasteiger partial charge in [0.2, 0.25) is 0 Å². The average molecular weight is 451 g/mol. The monoisotopic (exact) mass is 451 g/mol. The summed E-state index contributed by atoms with van der Waals surface area (Å²) in [4.78, 5) is 32.9. The number of hydrogen-bond donors (Lipinski definition) is 2. The second-order valence-electron chi connectivity index (χ2n) is 10.2. The highest BCUT2D eigenvalue weighted by Crippen LogP contribution is 2.60. The number of amides is 1. The Morgan fingerprint density at radius 2 is 1.94 bits per heavy atom. The fourth-order valence-electron chi connectivity index (χ4n) is 4.76. The van der Waals surface area contributed by atoms with Gasteiger partial charge in [-0.15, -0.1) is 0 Å². The molecule has 1 saturated carbocycles. The topological polar surface area (TPSA) is 84.1 Å². The summed E-state index contributed by atoms with van der Waals surface area (Å²) in [6.45, 7) is 8.10. The number of ether oxygens (including phenoxy) is 1. The van der Waals surface area contributed by atoms with Crippen LogP contribution in [0.2, 0.25) is 0 Å². The molecule has 0 spiro atoms. The minimum absolute atomic E-state index is 0.0233.